The molecule has 0 fully saturated rings. The van der Waals surface area contributed by atoms with Crippen molar-refractivity contribution < 1.29 is 4.79 Å². The molecule has 0 saturated heterocycles. The first kappa shape index (κ1) is 11.2. The molecule has 88 valence electrons. The van der Waals surface area contributed by atoms with Crippen LogP contribution in [0.4, 0.5) is 0 Å². The second-order valence-corrected chi connectivity index (χ2v) is 5.81. The van der Waals surface area contributed by atoms with E-state index in [9.17, 15) is 4.79 Å². The van der Waals surface area contributed by atoms with Crippen LogP contribution in [0.15, 0.2) is 65.6 Å². The molecular formula is C16H12OS. The second-order valence-electron chi connectivity index (χ2n) is 4.06. The van der Waals surface area contributed by atoms with Crippen molar-refractivity contribution in [3.63, 3.8) is 0 Å². The Bertz CT molecular complexity index is 654. The molecule has 2 aromatic rings. The summed E-state index contributed by atoms with van der Waals surface area (Å²) in [6, 6.07) is 18.1. The number of carbonyl (C=O) groups is 1. The highest BCUT2D eigenvalue weighted by molar-refractivity contribution is 8.28. The van der Waals surface area contributed by atoms with Crippen LogP contribution in [0.2, 0.25) is 0 Å². The number of carbonyl (C=O) groups excluding carboxylic acids is 1. The van der Waals surface area contributed by atoms with Gasteiger partial charge >= 0.3 is 0 Å². The monoisotopic (exact) mass is 252 g/mol. The number of benzene rings is 2. The van der Waals surface area contributed by atoms with E-state index >= 15 is 0 Å². The summed E-state index contributed by atoms with van der Waals surface area (Å²) < 4.78 is 0. The molecule has 0 aliphatic carbocycles. The van der Waals surface area contributed by atoms with E-state index in [0.717, 1.165) is 16.0 Å². The topological polar surface area (TPSA) is 17.1 Å². The molecule has 0 bridgehead atoms. The van der Waals surface area contributed by atoms with Crippen molar-refractivity contribution in [2.75, 3.05) is 0 Å². The van der Waals surface area contributed by atoms with Gasteiger partial charge in [-0.1, -0.05) is 59.0 Å². The summed E-state index contributed by atoms with van der Waals surface area (Å²) in [4.78, 5) is 13.2. The third kappa shape index (κ3) is 2.07. The van der Waals surface area contributed by atoms with Crippen molar-refractivity contribution in [2.24, 2.45) is 0 Å². The summed E-state index contributed by atoms with van der Waals surface area (Å²) in [5.74, 6) is 0. The van der Waals surface area contributed by atoms with E-state index in [1.165, 1.54) is 0 Å². The summed E-state index contributed by atoms with van der Waals surface area (Å²) >= 11 is 0. The summed E-state index contributed by atoms with van der Waals surface area (Å²) in [6.45, 7) is 0. The Balaban J connectivity index is 2.14. The van der Waals surface area contributed by atoms with Crippen molar-refractivity contribution in [3.8, 4) is 0 Å². The Hall–Kier alpha value is -1.93. The lowest BCUT2D eigenvalue weighted by Gasteiger charge is -2.14. The van der Waals surface area contributed by atoms with Crippen LogP contribution < -0.4 is 0 Å². The molecule has 0 radical (unpaired) electrons. The van der Waals surface area contributed by atoms with E-state index in [4.69, 9.17) is 0 Å². The van der Waals surface area contributed by atoms with Gasteiger partial charge in [-0.2, -0.15) is 0 Å². The Labute approximate surface area is 109 Å². The molecule has 1 atom stereocenters. The van der Waals surface area contributed by atoms with Gasteiger partial charge in [0.25, 0.3) is 0 Å². The van der Waals surface area contributed by atoms with Gasteiger partial charge in [0, 0.05) is 4.90 Å². The number of fused-ring (bicyclic) bond motifs is 1. The van der Waals surface area contributed by atoms with E-state index in [-0.39, 0.29) is 5.12 Å². The third-order valence-electron chi connectivity index (χ3n) is 2.83. The second kappa shape index (κ2) is 4.75. The van der Waals surface area contributed by atoms with Gasteiger partial charge in [0.15, 0.2) is 0 Å². The maximum absolute atomic E-state index is 12.1. The van der Waals surface area contributed by atoms with Crippen LogP contribution >= 0.6 is 10.5 Å². The van der Waals surface area contributed by atoms with Gasteiger partial charge < -0.3 is 0 Å². The molecule has 1 unspecified atom stereocenters. The van der Waals surface area contributed by atoms with Crippen molar-refractivity contribution in [2.45, 2.75) is 4.90 Å². The summed E-state index contributed by atoms with van der Waals surface area (Å²) in [7, 11) is -0.466. The lowest BCUT2D eigenvalue weighted by atomic mass is 10.2. The van der Waals surface area contributed by atoms with E-state index in [2.05, 4.69) is 11.4 Å². The average molecular weight is 252 g/mol. The van der Waals surface area contributed by atoms with Crippen molar-refractivity contribution in [1.82, 2.24) is 0 Å². The lowest BCUT2D eigenvalue weighted by molar-refractivity contribution is -0.107. The van der Waals surface area contributed by atoms with Gasteiger partial charge in [-0.25, -0.2) is 0 Å². The number of hydrogen-bond acceptors (Lipinski definition) is 1. The van der Waals surface area contributed by atoms with Gasteiger partial charge in [-0.3, -0.25) is 4.79 Å². The predicted molar refractivity (Wildman–Crippen MR) is 77.9 cm³/mol. The zero-order valence-electron chi connectivity index (χ0n) is 9.74. The van der Waals surface area contributed by atoms with Crippen LogP contribution in [-0.4, -0.2) is 10.5 Å². The highest BCUT2D eigenvalue weighted by Gasteiger charge is 2.14. The predicted octanol–water partition coefficient (Wildman–Crippen LogP) is 3.72. The molecule has 0 N–H and O–H groups in total. The Morgan fingerprint density at radius 1 is 0.833 bits per heavy atom. The minimum Gasteiger partial charge on any atom is -0.282 e. The zero-order chi connectivity index (χ0) is 12.4. The average Bonchev–Trinajstić information content (AvgIpc) is 2.43. The number of hydrogen-bond donors (Lipinski definition) is 0. The van der Waals surface area contributed by atoms with Crippen molar-refractivity contribution >= 4 is 27.0 Å². The normalized spacial score (nSPS) is 17.8. The van der Waals surface area contributed by atoms with Gasteiger partial charge in [0.1, 0.15) is 0 Å². The van der Waals surface area contributed by atoms with E-state index in [1.807, 2.05) is 54.6 Å². The first-order chi connectivity index (χ1) is 8.84. The fourth-order valence-electron chi connectivity index (χ4n) is 1.95. The lowest BCUT2D eigenvalue weighted by Crippen LogP contribution is -1.99. The van der Waals surface area contributed by atoms with Crippen LogP contribution in [0.5, 0.6) is 0 Å². The molecule has 2 aromatic carbocycles. The van der Waals surface area contributed by atoms with Crippen LogP contribution in [-0.2, 0) is 4.79 Å². The van der Waals surface area contributed by atoms with Crippen LogP contribution in [0, 0.1) is 0 Å². The molecule has 0 aromatic heterocycles. The third-order valence-corrected chi connectivity index (χ3v) is 4.75. The molecule has 3 rings (SSSR count). The summed E-state index contributed by atoms with van der Waals surface area (Å²) in [5.41, 5.74) is 2.24. The highest BCUT2D eigenvalue weighted by Crippen LogP contribution is 2.35. The highest BCUT2D eigenvalue weighted by atomic mass is 32.2. The van der Waals surface area contributed by atoms with Crippen molar-refractivity contribution in [3.05, 3.63) is 71.8 Å². The van der Waals surface area contributed by atoms with E-state index in [1.54, 1.807) is 6.08 Å². The molecule has 1 aliphatic heterocycles. The van der Waals surface area contributed by atoms with Crippen LogP contribution in [0.3, 0.4) is 0 Å². The van der Waals surface area contributed by atoms with Crippen molar-refractivity contribution in [1.29, 1.82) is 0 Å². The van der Waals surface area contributed by atoms with Crippen LogP contribution in [0.25, 0.3) is 6.08 Å². The Morgan fingerprint density at radius 3 is 2.39 bits per heavy atom. The molecule has 0 amide bonds. The quantitative estimate of drug-likeness (QED) is 0.707. The maximum Gasteiger partial charge on any atom is 0.211 e. The largest absolute Gasteiger partial charge is 0.282 e. The molecule has 1 nitrogen and oxygen atoms in total. The van der Waals surface area contributed by atoms with E-state index < -0.39 is 10.5 Å². The van der Waals surface area contributed by atoms with Gasteiger partial charge in [-0.05, 0) is 34.7 Å². The molecule has 0 spiro atoms. The standard InChI is InChI=1S/C16H12OS/c17-16-11-10-14-8-4-5-9-15(14)18(16)12-13-6-2-1-3-7-13/h1-12H. The molecule has 1 heterocycles. The fourth-order valence-corrected chi connectivity index (χ4v) is 3.67. The smallest absolute Gasteiger partial charge is 0.211 e. The zero-order valence-corrected chi connectivity index (χ0v) is 10.6. The molecule has 0 saturated carbocycles. The first-order valence-corrected chi connectivity index (χ1v) is 7.07. The molecule has 2 heteroatoms. The molecule has 1 aliphatic rings. The minimum absolute atomic E-state index is 0.178. The van der Waals surface area contributed by atoms with Crippen LogP contribution in [0.1, 0.15) is 11.1 Å². The molecular weight excluding hydrogens is 240 g/mol. The number of rotatable bonds is 1. The summed E-state index contributed by atoms with van der Waals surface area (Å²) in [5, 5.41) is 2.24. The SMILES string of the molecule is O=C1C=Cc2ccccc2S1=Cc1ccccc1. The van der Waals surface area contributed by atoms with Gasteiger partial charge in [-0.15, -0.1) is 0 Å². The fraction of sp³-hybridized carbons (Fsp3) is 0. The first-order valence-electron chi connectivity index (χ1n) is 5.79. The van der Waals surface area contributed by atoms with Gasteiger partial charge in [0.05, 0.1) is 0 Å². The molecule has 18 heavy (non-hydrogen) atoms. The Kier molecular flexibility index (Phi) is 2.95. The Morgan fingerprint density at radius 2 is 1.56 bits per heavy atom. The minimum atomic E-state index is -0.466. The maximum atomic E-state index is 12.1. The van der Waals surface area contributed by atoms with Gasteiger partial charge in [0.2, 0.25) is 5.12 Å². The van der Waals surface area contributed by atoms with E-state index in [0.29, 0.717) is 0 Å². The summed E-state index contributed by atoms with van der Waals surface area (Å²) in [6.07, 6.45) is 3.59.